The molecule has 1 aromatic rings. The van der Waals surface area contributed by atoms with Crippen LogP contribution in [0.2, 0.25) is 5.02 Å². The smallest absolute Gasteiger partial charge is 0.226 e. The molecular weight excluding hydrogens is 382 g/mol. The van der Waals surface area contributed by atoms with E-state index in [-0.39, 0.29) is 24.4 Å². The minimum absolute atomic E-state index is 0.00175. The first kappa shape index (κ1) is 20.0. The molecule has 2 saturated heterocycles. The van der Waals surface area contributed by atoms with Gasteiger partial charge in [0.15, 0.2) is 12.6 Å². The Morgan fingerprint density at radius 1 is 1.21 bits per heavy atom. The molecular formula is C21H28ClNO5. The second kappa shape index (κ2) is 8.57. The van der Waals surface area contributed by atoms with E-state index in [2.05, 4.69) is 4.90 Å². The Hall–Kier alpha value is -1.34. The highest BCUT2D eigenvalue weighted by molar-refractivity contribution is 6.31. The molecule has 4 rings (SSSR count). The van der Waals surface area contributed by atoms with Gasteiger partial charge < -0.3 is 23.8 Å². The SMILES string of the molecule is COCOc1ccc(CC2CCN(C3CCC4(CC3)OCCO4)C2=O)c(Cl)c1. The zero-order valence-electron chi connectivity index (χ0n) is 16.3. The lowest BCUT2D eigenvalue weighted by molar-refractivity contribution is -0.184. The van der Waals surface area contributed by atoms with Gasteiger partial charge in [0.05, 0.1) is 13.2 Å². The van der Waals surface area contributed by atoms with E-state index in [1.54, 1.807) is 13.2 Å². The first-order valence-corrected chi connectivity index (χ1v) is 10.5. The third-order valence-electron chi connectivity index (χ3n) is 6.16. The van der Waals surface area contributed by atoms with Crippen LogP contribution in [0.5, 0.6) is 5.75 Å². The van der Waals surface area contributed by atoms with E-state index < -0.39 is 0 Å². The van der Waals surface area contributed by atoms with E-state index in [9.17, 15) is 4.79 Å². The lowest BCUT2D eigenvalue weighted by Crippen LogP contribution is -2.45. The van der Waals surface area contributed by atoms with Crippen molar-refractivity contribution in [2.24, 2.45) is 5.92 Å². The summed E-state index contributed by atoms with van der Waals surface area (Å²) < 4.78 is 21.9. The maximum absolute atomic E-state index is 13.0. The van der Waals surface area contributed by atoms with Crippen molar-refractivity contribution < 1.29 is 23.7 Å². The van der Waals surface area contributed by atoms with Crippen LogP contribution in [0.3, 0.4) is 0 Å². The number of amides is 1. The monoisotopic (exact) mass is 409 g/mol. The third kappa shape index (κ3) is 4.15. The summed E-state index contributed by atoms with van der Waals surface area (Å²) in [6.07, 6.45) is 5.20. The van der Waals surface area contributed by atoms with E-state index in [1.165, 1.54) is 0 Å². The molecule has 3 fully saturated rings. The molecule has 1 amide bonds. The zero-order chi connectivity index (χ0) is 19.6. The second-order valence-corrected chi connectivity index (χ2v) is 8.27. The van der Waals surface area contributed by atoms with Gasteiger partial charge in [-0.1, -0.05) is 17.7 Å². The molecule has 0 bridgehead atoms. The Balaban J connectivity index is 1.33. The van der Waals surface area contributed by atoms with Crippen LogP contribution in [0.4, 0.5) is 0 Å². The van der Waals surface area contributed by atoms with Crippen LogP contribution >= 0.6 is 11.6 Å². The highest BCUT2D eigenvalue weighted by Crippen LogP contribution is 2.39. The molecule has 3 aliphatic rings. The molecule has 1 atom stereocenters. The molecule has 7 heteroatoms. The van der Waals surface area contributed by atoms with Gasteiger partial charge in [0.1, 0.15) is 5.75 Å². The molecule has 2 heterocycles. The largest absolute Gasteiger partial charge is 0.468 e. The fraction of sp³-hybridized carbons (Fsp3) is 0.667. The Morgan fingerprint density at radius 3 is 2.64 bits per heavy atom. The number of hydrogen-bond acceptors (Lipinski definition) is 5. The van der Waals surface area contributed by atoms with Crippen molar-refractivity contribution in [3.8, 4) is 5.75 Å². The minimum Gasteiger partial charge on any atom is -0.468 e. The van der Waals surface area contributed by atoms with E-state index in [0.29, 0.717) is 36.4 Å². The molecule has 2 aliphatic heterocycles. The van der Waals surface area contributed by atoms with Crippen molar-refractivity contribution in [2.45, 2.75) is 50.4 Å². The number of likely N-dealkylation sites (tertiary alicyclic amines) is 1. The second-order valence-electron chi connectivity index (χ2n) is 7.86. The number of rotatable bonds is 6. The maximum atomic E-state index is 13.0. The fourth-order valence-electron chi connectivity index (χ4n) is 4.63. The van der Waals surface area contributed by atoms with Crippen LogP contribution in [-0.2, 0) is 25.4 Å². The van der Waals surface area contributed by atoms with E-state index in [1.807, 2.05) is 12.1 Å². The molecule has 0 aromatic heterocycles. The molecule has 0 N–H and O–H groups in total. The Labute approximate surface area is 171 Å². The molecule has 1 aromatic carbocycles. The van der Waals surface area contributed by atoms with Gasteiger partial charge in [-0.15, -0.1) is 0 Å². The summed E-state index contributed by atoms with van der Waals surface area (Å²) >= 11 is 6.42. The van der Waals surface area contributed by atoms with Crippen LogP contribution in [0, 0.1) is 5.92 Å². The van der Waals surface area contributed by atoms with Gasteiger partial charge in [0.2, 0.25) is 5.91 Å². The Kier molecular flexibility index (Phi) is 6.11. The Bertz CT molecular complexity index is 696. The van der Waals surface area contributed by atoms with Gasteiger partial charge in [0.25, 0.3) is 0 Å². The number of ether oxygens (including phenoxy) is 4. The molecule has 1 spiro atoms. The van der Waals surface area contributed by atoms with E-state index in [0.717, 1.165) is 44.2 Å². The van der Waals surface area contributed by atoms with E-state index >= 15 is 0 Å². The zero-order valence-corrected chi connectivity index (χ0v) is 17.1. The number of methoxy groups -OCH3 is 1. The van der Waals surface area contributed by atoms with Crippen LogP contribution in [0.15, 0.2) is 18.2 Å². The predicted molar refractivity (Wildman–Crippen MR) is 104 cm³/mol. The summed E-state index contributed by atoms with van der Waals surface area (Å²) in [5.41, 5.74) is 0.988. The van der Waals surface area contributed by atoms with Crippen molar-refractivity contribution in [1.82, 2.24) is 4.90 Å². The molecule has 28 heavy (non-hydrogen) atoms. The van der Waals surface area contributed by atoms with E-state index in [4.69, 9.17) is 30.5 Å². The van der Waals surface area contributed by atoms with Gasteiger partial charge >= 0.3 is 0 Å². The minimum atomic E-state index is -0.376. The van der Waals surface area contributed by atoms with Gasteiger partial charge in [-0.05, 0) is 43.4 Å². The first-order chi connectivity index (χ1) is 13.6. The molecule has 6 nitrogen and oxygen atoms in total. The molecule has 0 radical (unpaired) electrons. The van der Waals surface area contributed by atoms with Crippen molar-refractivity contribution in [1.29, 1.82) is 0 Å². The quantitative estimate of drug-likeness (QED) is 0.674. The molecule has 1 aliphatic carbocycles. The molecule has 154 valence electrons. The summed E-state index contributed by atoms with van der Waals surface area (Å²) in [5.74, 6) is 0.546. The normalized spacial score (nSPS) is 25.0. The van der Waals surface area contributed by atoms with Crippen LogP contribution in [0.1, 0.15) is 37.7 Å². The van der Waals surface area contributed by atoms with Crippen LogP contribution in [0.25, 0.3) is 0 Å². The fourth-order valence-corrected chi connectivity index (χ4v) is 4.88. The van der Waals surface area contributed by atoms with Crippen molar-refractivity contribution >= 4 is 17.5 Å². The number of hydrogen-bond donors (Lipinski definition) is 0. The van der Waals surface area contributed by atoms with Gasteiger partial charge in [-0.2, -0.15) is 0 Å². The molecule has 1 saturated carbocycles. The number of nitrogens with zero attached hydrogens (tertiary/aromatic N) is 1. The standard InChI is InChI=1S/C21H28ClNO5/c1-25-14-26-18-3-2-15(19(22)13-18)12-16-6-9-23(20(16)24)17-4-7-21(8-5-17)27-10-11-28-21/h2-3,13,16-17H,4-12,14H2,1H3. The van der Waals surface area contributed by atoms with Gasteiger partial charge in [-0.25, -0.2) is 0 Å². The topological polar surface area (TPSA) is 57.2 Å². The number of carbonyl (C=O) groups is 1. The number of halogens is 1. The van der Waals surface area contributed by atoms with Crippen molar-refractivity contribution in [2.75, 3.05) is 33.7 Å². The highest BCUT2D eigenvalue weighted by Gasteiger charge is 2.44. The average Bonchev–Trinajstić information content (AvgIpc) is 3.30. The molecule has 1 unspecified atom stereocenters. The van der Waals surface area contributed by atoms with Gasteiger partial charge in [-0.3, -0.25) is 4.79 Å². The van der Waals surface area contributed by atoms with Gasteiger partial charge in [0, 0.05) is 43.5 Å². The van der Waals surface area contributed by atoms with Crippen molar-refractivity contribution in [3.63, 3.8) is 0 Å². The summed E-state index contributed by atoms with van der Waals surface area (Å²) in [6.45, 7) is 2.39. The van der Waals surface area contributed by atoms with Crippen molar-refractivity contribution in [3.05, 3.63) is 28.8 Å². The summed E-state index contributed by atoms with van der Waals surface area (Å²) in [6, 6.07) is 5.91. The average molecular weight is 410 g/mol. The maximum Gasteiger partial charge on any atom is 0.226 e. The summed E-state index contributed by atoms with van der Waals surface area (Å²) in [7, 11) is 1.58. The summed E-state index contributed by atoms with van der Waals surface area (Å²) in [5, 5.41) is 0.634. The number of benzene rings is 1. The third-order valence-corrected chi connectivity index (χ3v) is 6.51. The highest BCUT2D eigenvalue weighted by atomic mass is 35.5. The number of carbonyl (C=O) groups excluding carboxylic acids is 1. The first-order valence-electron chi connectivity index (χ1n) is 10.1. The lowest BCUT2D eigenvalue weighted by Gasteiger charge is -2.39. The predicted octanol–water partition coefficient (Wildman–Crippen LogP) is 3.40. The summed E-state index contributed by atoms with van der Waals surface area (Å²) in [4.78, 5) is 15.1. The van der Waals surface area contributed by atoms with Crippen LogP contribution < -0.4 is 4.74 Å². The Morgan fingerprint density at radius 2 is 1.96 bits per heavy atom. The lowest BCUT2D eigenvalue weighted by atomic mass is 9.89. The van der Waals surface area contributed by atoms with Crippen LogP contribution in [-0.4, -0.2) is 56.3 Å².